The van der Waals surface area contributed by atoms with Crippen molar-refractivity contribution in [3.8, 4) is 6.07 Å². The number of rotatable bonds is 3. The first-order valence-corrected chi connectivity index (χ1v) is 7.04. The van der Waals surface area contributed by atoms with Gasteiger partial charge >= 0.3 is 0 Å². The molecule has 1 fully saturated rings. The SMILES string of the molecule is CC(C)C1CCC(Cc2ccc(C#N)cn2)CC1. The maximum absolute atomic E-state index is 8.74. The first-order chi connectivity index (χ1) is 8.69. The number of hydrogen-bond acceptors (Lipinski definition) is 2. The van der Waals surface area contributed by atoms with Crippen molar-refractivity contribution >= 4 is 0 Å². The zero-order chi connectivity index (χ0) is 13.0. The Morgan fingerprint density at radius 3 is 2.50 bits per heavy atom. The van der Waals surface area contributed by atoms with Crippen molar-refractivity contribution in [2.24, 2.45) is 17.8 Å². The lowest BCUT2D eigenvalue weighted by atomic mass is 9.75. The van der Waals surface area contributed by atoms with Gasteiger partial charge in [0.15, 0.2) is 0 Å². The zero-order valence-electron chi connectivity index (χ0n) is 11.4. The van der Waals surface area contributed by atoms with Crippen LogP contribution in [0.1, 0.15) is 50.8 Å². The lowest BCUT2D eigenvalue weighted by molar-refractivity contribution is 0.223. The molecule has 1 aliphatic rings. The molecule has 1 aromatic rings. The minimum absolute atomic E-state index is 0.655. The van der Waals surface area contributed by atoms with Gasteiger partial charge in [-0.3, -0.25) is 4.98 Å². The average molecular weight is 242 g/mol. The largest absolute Gasteiger partial charge is 0.260 e. The fourth-order valence-electron chi connectivity index (χ4n) is 2.97. The Bertz CT molecular complexity index is 406. The molecule has 18 heavy (non-hydrogen) atoms. The highest BCUT2D eigenvalue weighted by molar-refractivity contribution is 5.26. The van der Waals surface area contributed by atoms with E-state index in [1.54, 1.807) is 6.20 Å². The monoisotopic (exact) mass is 242 g/mol. The molecule has 0 atom stereocenters. The van der Waals surface area contributed by atoms with E-state index in [0.29, 0.717) is 5.56 Å². The molecule has 0 aliphatic heterocycles. The van der Waals surface area contributed by atoms with E-state index in [4.69, 9.17) is 5.26 Å². The molecule has 1 saturated carbocycles. The summed E-state index contributed by atoms with van der Waals surface area (Å²) in [6, 6.07) is 6.00. The lowest BCUT2D eigenvalue weighted by Crippen LogP contribution is -2.20. The summed E-state index contributed by atoms with van der Waals surface area (Å²) < 4.78 is 0. The molecule has 0 bridgehead atoms. The normalized spacial score (nSPS) is 23.9. The Balaban J connectivity index is 1.86. The topological polar surface area (TPSA) is 36.7 Å². The summed E-state index contributed by atoms with van der Waals surface area (Å²) in [5.74, 6) is 2.55. The second kappa shape index (κ2) is 6.00. The van der Waals surface area contributed by atoms with Crippen LogP contribution in [0, 0.1) is 29.1 Å². The Hall–Kier alpha value is -1.36. The second-order valence-electron chi connectivity index (χ2n) is 5.88. The molecule has 0 spiro atoms. The first-order valence-electron chi connectivity index (χ1n) is 7.04. The van der Waals surface area contributed by atoms with Crippen LogP contribution in [-0.2, 0) is 6.42 Å². The van der Waals surface area contributed by atoms with Gasteiger partial charge in [0, 0.05) is 11.9 Å². The van der Waals surface area contributed by atoms with Crippen LogP contribution in [0.2, 0.25) is 0 Å². The fourth-order valence-corrected chi connectivity index (χ4v) is 2.97. The Labute approximate surface area is 110 Å². The molecule has 1 aromatic heterocycles. The Morgan fingerprint density at radius 1 is 1.28 bits per heavy atom. The van der Waals surface area contributed by atoms with Crippen LogP contribution in [0.15, 0.2) is 18.3 Å². The predicted molar refractivity (Wildman–Crippen MR) is 72.9 cm³/mol. The van der Waals surface area contributed by atoms with Gasteiger partial charge in [0.1, 0.15) is 6.07 Å². The second-order valence-corrected chi connectivity index (χ2v) is 5.88. The molecule has 2 nitrogen and oxygen atoms in total. The van der Waals surface area contributed by atoms with Crippen molar-refractivity contribution < 1.29 is 0 Å². The van der Waals surface area contributed by atoms with E-state index >= 15 is 0 Å². The summed E-state index contributed by atoms with van der Waals surface area (Å²) >= 11 is 0. The van der Waals surface area contributed by atoms with Gasteiger partial charge in [0.25, 0.3) is 0 Å². The van der Waals surface area contributed by atoms with Crippen LogP contribution in [0.4, 0.5) is 0 Å². The van der Waals surface area contributed by atoms with Crippen LogP contribution in [0.5, 0.6) is 0 Å². The van der Waals surface area contributed by atoms with Gasteiger partial charge in [-0.25, -0.2) is 0 Å². The Morgan fingerprint density at radius 2 is 2.00 bits per heavy atom. The molecular formula is C16H22N2. The summed E-state index contributed by atoms with van der Waals surface area (Å²) in [6.07, 6.45) is 8.19. The van der Waals surface area contributed by atoms with Gasteiger partial charge in [-0.15, -0.1) is 0 Å². The first kappa shape index (κ1) is 13.1. The van der Waals surface area contributed by atoms with E-state index in [1.807, 2.05) is 12.1 Å². The van der Waals surface area contributed by atoms with E-state index < -0.39 is 0 Å². The van der Waals surface area contributed by atoms with Crippen molar-refractivity contribution in [1.82, 2.24) is 4.98 Å². The summed E-state index contributed by atoms with van der Waals surface area (Å²) in [5.41, 5.74) is 1.80. The maximum Gasteiger partial charge on any atom is 0.101 e. The van der Waals surface area contributed by atoms with E-state index in [-0.39, 0.29) is 0 Å². The van der Waals surface area contributed by atoms with Gasteiger partial charge in [-0.1, -0.05) is 13.8 Å². The van der Waals surface area contributed by atoms with E-state index in [2.05, 4.69) is 24.9 Å². The van der Waals surface area contributed by atoms with Gasteiger partial charge in [0.2, 0.25) is 0 Å². The molecule has 0 saturated heterocycles. The van der Waals surface area contributed by atoms with Crippen molar-refractivity contribution in [2.75, 3.05) is 0 Å². The molecule has 1 heterocycles. The minimum Gasteiger partial charge on any atom is -0.260 e. The molecule has 0 radical (unpaired) electrons. The van der Waals surface area contributed by atoms with Crippen molar-refractivity contribution in [1.29, 1.82) is 5.26 Å². The standard InChI is InChI=1S/C16H22N2/c1-12(2)15-6-3-13(4-7-15)9-16-8-5-14(10-17)11-18-16/h5,8,11-13,15H,3-4,6-7,9H2,1-2H3. The average Bonchev–Trinajstić information content (AvgIpc) is 2.40. The highest BCUT2D eigenvalue weighted by Gasteiger charge is 2.23. The summed E-state index contributed by atoms with van der Waals surface area (Å²) in [4.78, 5) is 4.38. The van der Waals surface area contributed by atoms with Crippen LogP contribution in [0.25, 0.3) is 0 Å². The third-order valence-corrected chi connectivity index (χ3v) is 4.29. The van der Waals surface area contributed by atoms with Crippen molar-refractivity contribution in [2.45, 2.75) is 46.0 Å². The molecular weight excluding hydrogens is 220 g/mol. The Kier molecular flexibility index (Phi) is 4.36. The molecule has 0 N–H and O–H groups in total. The summed E-state index contributed by atoms with van der Waals surface area (Å²) in [7, 11) is 0. The van der Waals surface area contributed by atoms with E-state index in [9.17, 15) is 0 Å². The molecule has 2 heteroatoms. The molecule has 1 aliphatic carbocycles. The van der Waals surface area contributed by atoms with Crippen molar-refractivity contribution in [3.63, 3.8) is 0 Å². The molecule has 0 unspecified atom stereocenters. The molecule has 96 valence electrons. The molecule has 0 amide bonds. The summed E-state index contributed by atoms with van der Waals surface area (Å²) in [6.45, 7) is 4.68. The molecule has 2 rings (SSSR count). The van der Waals surface area contributed by atoms with Gasteiger partial charge in [0.05, 0.1) is 5.56 Å². The van der Waals surface area contributed by atoms with Crippen LogP contribution in [-0.4, -0.2) is 4.98 Å². The highest BCUT2D eigenvalue weighted by Crippen LogP contribution is 2.34. The van der Waals surface area contributed by atoms with E-state index in [0.717, 1.165) is 29.9 Å². The van der Waals surface area contributed by atoms with Gasteiger partial charge < -0.3 is 0 Å². The number of aromatic nitrogens is 1. The van der Waals surface area contributed by atoms with Gasteiger partial charge in [-0.2, -0.15) is 5.26 Å². The third kappa shape index (κ3) is 3.32. The van der Waals surface area contributed by atoms with Gasteiger partial charge in [-0.05, 0) is 62.0 Å². The zero-order valence-corrected chi connectivity index (χ0v) is 11.4. The van der Waals surface area contributed by atoms with Crippen molar-refractivity contribution in [3.05, 3.63) is 29.6 Å². The summed E-state index contributed by atoms with van der Waals surface area (Å²) in [5, 5.41) is 8.74. The number of nitrogens with zero attached hydrogens (tertiary/aromatic N) is 2. The van der Waals surface area contributed by atoms with E-state index in [1.165, 1.54) is 25.7 Å². The number of nitriles is 1. The predicted octanol–water partition coefficient (Wildman–Crippen LogP) is 3.96. The quantitative estimate of drug-likeness (QED) is 0.804. The molecule has 0 aromatic carbocycles. The smallest absolute Gasteiger partial charge is 0.101 e. The third-order valence-electron chi connectivity index (χ3n) is 4.29. The van der Waals surface area contributed by atoms with Crippen LogP contribution in [0.3, 0.4) is 0 Å². The number of pyridine rings is 1. The van der Waals surface area contributed by atoms with Crippen LogP contribution < -0.4 is 0 Å². The highest BCUT2D eigenvalue weighted by atomic mass is 14.7. The van der Waals surface area contributed by atoms with Crippen LogP contribution >= 0.6 is 0 Å². The maximum atomic E-state index is 8.74. The fraction of sp³-hybridized carbons (Fsp3) is 0.625. The number of hydrogen-bond donors (Lipinski definition) is 0. The lowest BCUT2D eigenvalue weighted by Gasteiger charge is -2.30. The minimum atomic E-state index is 0.655.